The lowest BCUT2D eigenvalue weighted by molar-refractivity contribution is 0.183. The summed E-state index contributed by atoms with van der Waals surface area (Å²) in [6.07, 6.45) is 4.02. The standard InChI is InChI=1S/C9H17ClO/c1-4-9(2,8-10)6-5-7-11-3/h4H,1,5-8H2,2-3H3. The second-order valence-electron chi connectivity index (χ2n) is 3.09. The molecule has 0 bridgehead atoms. The van der Waals surface area contributed by atoms with Gasteiger partial charge in [-0.05, 0) is 18.3 Å². The van der Waals surface area contributed by atoms with Crippen molar-refractivity contribution in [3.63, 3.8) is 0 Å². The second-order valence-corrected chi connectivity index (χ2v) is 3.36. The molecular weight excluding hydrogens is 160 g/mol. The summed E-state index contributed by atoms with van der Waals surface area (Å²) >= 11 is 5.78. The quantitative estimate of drug-likeness (QED) is 0.344. The van der Waals surface area contributed by atoms with E-state index in [2.05, 4.69) is 13.5 Å². The molecule has 0 aliphatic heterocycles. The fraction of sp³-hybridized carbons (Fsp3) is 0.778. The molecule has 0 aliphatic carbocycles. The molecule has 0 rings (SSSR count). The van der Waals surface area contributed by atoms with Crippen LogP contribution in [0.3, 0.4) is 0 Å². The lowest BCUT2D eigenvalue weighted by Gasteiger charge is -2.21. The highest BCUT2D eigenvalue weighted by Gasteiger charge is 2.17. The van der Waals surface area contributed by atoms with Crippen molar-refractivity contribution in [2.24, 2.45) is 5.41 Å². The van der Waals surface area contributed by atoms with Crippen LogP contribution in [0.25, 0.3) is 0 Å². The third-order valence-electron chi connectivity index (χ3n) is 1.89. The fourth-order valence-electron chi connectivity index (χ4n) is 0.844. The average molecular weight is 177 g/mol. The molecular formula is C9H17ClO. The van der Waals surface area contributed by atoms with Crippen molar-refractivity contribution >= 4 is 11.6 Å². The Labute approximate surface area is 74.4 Å². The number of ether oxygens (including phenoxy) is 1. The van der Waals surface area contributed by atoms with Crippen LogP contribution in [0.4, 0.5) is 0 Å². The Hall–Kier alpha value is -0.0100. The molecule has 1 unspecified atom stereocenters. The number of rotatable bonds is 6. The summed E-state index contributed by atoms with van der Waals surface area (Å²) in [5, 5.41) is 0. The number of methoxy groups -OCH3 is 1. The Bertz CT molecular complexity index is 114. The normalized spacial score (nSPS) is 15.9. The van der Waals surface area contributed by atoms with Gasteiger partial charge >= 0.3 is 0 Å². The highest BCUT2D eigenvalue weighted by Crippen LogP contribution is 2.25. The predicted molar refractivity (Wildman–Crippen MR) is 50.1 cm³/mol. The van der Waals surface area contributed by atoms with Crippen LogP contribution >= 0.6 is 11.6 Å². The molecule has 0 N–H and O–H groups in total. The molecule has 0 amide bonds. The molecule has 1 nitrogen and oxygen atoms in total. The van der Waals surface area contributed by atoms with Gasteiger partial charge < -0.3 is 4.74 Å². The van der Waals surface area contributed by atoms with Gasteiger partial charge in [0.2, 0.25) is 0 Å². The minimum absolute atomic E-state index is 0.0834. The van der Waals surface area contributed by atoms with Crippen LogP contribution in [0.1, 0.15) is 19.8 Å². The number of allylic oxidation sites excluding steroid dienone is 1. The Morgan fingerprint density at radius 2 is 2.27 bits per heavy atom. The predicted octanol–water partition coefficient (Wildman–Crippen LogP) is 2.84. The van der Waals surface area contributed by atoms with Crippen molar-refractivity contribution < 1.29 is 4.74 Å². The van der Waals surface area contributed by atoms with Gasteiger partial charge in [0.05, 0.1) is 0 Å². The Morgan fingerprint density at radius 3 is 2.64 bits per heavy atom. The largest absolute Gasteiger partial charge is 0.385 e. The molecule has 0 aromatic heterocycles. The molecule has 0 radical (unpaired) electrons. The van der Waals surface area contributed by atoms with Crippen molar-refractivity contribution in [3.8, 4) is 0 Å². The smallest absolute Gasteiger partial charge is 0.0462 e. The van der Waals surface area contributed by atoms with Crippen LogP contribution in [-0.2, 0) is 4.74 Å². The highest BCUT2D eigenvalue weighted by molar-refractivity contribution is 6.18. The molecule has 0 aromatic rings. The molecule has 0 saturated carbocycles. The van der Waals surface area contributed by atoms with Crippen molar-refractivity contribution in [1.82, 2.24) is 0 Å². The van der Waals surface area contributed by atoms with Crippen LogP contribution < -0.4 is 0 Å². The maximum Gasteiger partial charge on any atom is 0.0462 e. The summed E-state index contributed by atoms with van der Waals surface area (Å²) in [5.74, 6) is 0.639. The topological polar surface area (TPSA) is 9.23 Å². The molecule has 1 atom stereocenters. The number of hydrogen-bond acceptors (Lipinski definition) is 1. The first kappa shape index (κ1) is 11.0. The lowest BCUT2D eigenvalue weighted by atomic mass is 9.88. The van der Waals surface area contributed by atoms with E-state index in [9.17, 15) is 0 Å². The first-order valence-corrected chi connectivity index (χ1v) is 4.40. The van der Waals surface area contributed by atoms with Gasteiger partial charge in [0.25, 0.3) is 0 Å². The van der Waals surface area contributed by atoms with Gasteiger partial charge in [0.15, 0.2) is 0 Å². The molecule has 2 heteroatoms. The van der Waals surface area contributed by atoms with Gasteiger partial charge in [-0.1, -0.05) is 13.0 Å². The van der Waals surface area contributed by atoms with E-state index in [0.717, 1.165) is 19.4 Å². The number of halogens is 1. The molecule has 11 heavy (non-hydrogen) atoms. The van der Waals surface area contributed by atoms with Gasteiger partial charge in [0.1, 0.15) is 0 Å². The molecule has 66 valence electrons. The third-order valence-corrected chi connectivity index (χ3v) is 2.50. The van der Waals surface area contributed by atoms with Crippen LogP contribution in [0.15, 0.2) is 12.7 Å². The molecule has 0 aromatic carbocycles. The van der Waals surface area contributed by atoms with Gasteiger partial charge in [-0.15, -0.1) is 18.2 Å². The molecule has 0 fully saturated rings. The van der Waals surface area contributed by atoms with Crippen molar-refractivity contribution in [2.75, 3.05) is 19.6 Å². The summed E-state index contributed by atoms with van der Waals surface area (Å²) in [7, 11) is 1.71. The summed E-state index contributed by atoms with van der Waals surface area (Å²) < 4.78 is 4.95. The Kier molecular flexibility index (Phi) is 5.61. The summed E-state index contributed by atoms with van der Waals surface area (Å²) in [4.78, 5) is 0. The molecule has 0 saturated heterocycles. The zero-order chi connectivity index (χ0) is 8.74. The zero-order valence-electron chi connectivity index (χ0n) is 7.40. The van der Waals surface area contributed by atoms with E-state index in [1.54, 1.807) is 7.11 Å². The van der Waals surface area contributed by atoms with E-state index in [4.69, 9.17) is 16.3 Å². The van der Waals surface area contributed by atoms with Crippen LogP contribution in [0.5, 0.6) is 0 Å². The second kappa shape index (κ2) is 5.62. The molecule has 0 aliphatic rings. The Morgan fingerprint density at radius 1 is 1.64 bits per heavy atom. The van der Waals surface area contributed by atoms with Crippen LogP contribution in [-0.4, -0.2) is 19.6 Å². The van der Waals surface area contributed by atoms with Gasteiger partial charge in [-0.3, -0.25) is 0 Å². The highest BCUT2D eigenvalue weighted by atomic mass is 35.5. The van der Waals surface area contributed by atoms with Gasteiger partial charge in [0, 0.05) is 19.6 Å². The fourth-order valence-corrected chi connectivity index (χ4v) is 1.09. The minimum atomic E-state index is 0.0834. The van der Waals surface area contributed by atoms with Crippen molar-refractivity contribution in [1.29, 1.82) is 0 Å². The third kappa shape index (κ3) is 4.44. The SMILES string of the molecule is C=CC(C)(CCl)CCCOC. The summed E-state index contributed by atoms with van der Waals surface area (Å²) in [6, 6.07) is 0. The minimum Gasteiger partial charge on any atom is -0.385 e. The van der Waals surface area contributed by atoms with E-state index in [1.165, 1.54) is 0 Å². The van der Waals surface area contributed by atoms with Crippen molar-refractivity contribution in [3.05, 3.63) is 12.7 Å². The number of hydrogen-bond donors (Lipinski definition) is 0. The lowest BCUT2D eigenvalue weighted by Crippen LogP contribution is -2.15. The average Bonchev–Trinajstić information content (AvgIpc) is 2.05. The molecule has 0 spiro atoms. The molecule has 0 heterocycles. The maximum absolute atomic E-state index is 5.78. The first-order chi connectivity index (χ1) is 5.18. The van der Waals surface area contributed by atoms with Gasteiger partial charge in [-0.2, -0.15) is 0 Å². The van der Waals surface area contributed by atoms with Crippen LogP contribution in [0.2, 0.25) is 0 Å². The first-order valence-electron chi connectivity index (χ1n) is 3.87. The van der Waals surface area contributed by atoms with E-state index >= 15 is 0 Å². The van der Waals surface area contributed by atoms with E-state index in [-0.39, 0.29) is 5.41 Å². The van der Waals surface area contributed by atoms with E-state index in [0.29, 0.717) is 5.88 Å². The summed E-state index contributed by atoms with van der Waals surface area (Å²) in [5.41, 5.74) is 0.0834. The summed E-state index contributed by atoms with van der Waals surface area (Å²) in [6.45, 7) is 6.68. The monoisotopic (exact) mass is 176 g/mol. The number of alkyl halides is 1. The zero-order valence-corrected chi connectivity index (χ0v) is 8.16. The van der Waals surface area contributed by atoms with Crippen LogP contribution in [0, 0.1) is 5.41 Å². The maximum atomic E-state index is 5.78. The van der Waals surface area contributed by atoms with Gasteiger partial charge in [-0.25, -0.2) is 0 Å². The van der Waals surface area contributed by atoms with Crippen molar-refractivity contribution in [2.45, 2.75) is 19.8 Å². The van der Waals surface area contributed by atoms with E-state index in [1.807, 2.05) is 6.08 Å². The Balaban J connectivity index is 3.60. The van der Waals surface area contributed by atoms with E-state index < -0.39 is 0 Å².